The zero-order chi connectivity index (χ0) is 25.8. The Bertz CT molecular complexity index is 1380. The summed E-state index contributed by atoms with van der Waals surface area (Å²) in [7, 11) is 3.22. The zero-order valence-electron chi connectivity index (χ0n) is 21.1. The lowest BCUT2D eigenvalue weighted by Crippen LogP contribution is -2.39. The second-order valence-corrected chi connectivity index (χ2v) is 9.73. The van der Waals surface area contributed by atoms with E-state index in [2.05, 4.69) is 24.3 Å². The van der Waals surface area contributed by atoms with Crippen LogP contribution in [0.1, 0.15) is 28.9 Å². The number of hydrogen-bond donors (Lipinski definition) is 0. The SMILES string of the molecule is COc1ccc(-c2cc(C(=O)N3CCC(Cc4ccccc4)CC3)n(-c3cccc(Cl)c3)n2)c(OC)c1. The smallest absolute Gasteiger partial charge is 0.272 e. The Morgan fingerprint density at radius 2 is 1.73 bits per heavy atom. The normalized spacial score (nSPS) is 14.0. The van der Waals surface area contributed by atoms with Crippen molar-refractivity contribution in [3.63, 3.8) is 0 Å². The van der Waals surface area contributed by atoms with Crippen molar-refractivity contribution in [3.8, 4) is 28.4 Å². The van der Waals surface area contributed by atoms with Gasteiger partial charge in [-0.2, -0.15) is 5.10 Å². The highest BCUT2D eigenvalue weighted by molar-refractivity contribution is 6.30. The number of nitrogens with zero attached hydrogens (tertiary/aromatic N) is 3. The van der Waals surface area contributed by atoms with E-state index < -0.39 is 0 Å². The van der Waals surface area contributed by atoms with E-state index in [0.717, 1.165) is 43.6 Å². The highest BCUT2D eigenvalue weighted by atomic mass is 35.5. The molecule has 37 heavy (non-hydrogen) atoms. The van der Waals surface area contributed by atoms with E-state index in [1.54, 1.807) is 25.0 Å². The lowest BCUT2D eigenvalue weighted by atomic mass is 9.90. The summed E-state index contributed by atoms with van der Waals surface area (Å²) in [4.78, 5) is 15.8. The molecule has 1 aliphatic rings. The van der Waals surface area contributed by atoms with Crippen LogP contribution in [0.5, 0.6) is 11.5 Å². The molecule has 0 spiro atoms. The molecule has 7 heteroatoms. The Kier molecular flexibility index (Phi) is 7.47. The summed E-state index contributed by atoms with van der Waals surface area (Å²) in [6.07, 6.45) is 3.00. The second kappa shape index (κ2) is 11.1. The van der Waals surface area contributed by atoms with Gasteiger partial charge in [0, 0.05) is 29.7 Å². The number of piperidine rings is 1. The van der Waals surface area contributed by atoms with Gasteiger partial charge in [-0.3, -0.25) is 4.79 Å². The van der Waals surface area contributed by atoms with Gasteiger partial charge in [0.05, 0.1) is 25.6 Å². The molecule has 1 fully saturated rings. The van der Waals surface area contributed by atoms with E-state index in [1.165, 1.54) is 5.56 Å². The summed E-state index contributed by atoms with van der Waals surface area (Å²) < 4.78 is 12.6. The van der Waals surface area contributed by atoms with Crippen LogP contribution in [0.15, 0.2) is 78.9 Å². The van der Waals surface area contributed by atoms with E-state index in [-0.39, 0.29) is 5.91 Å². The Morgan fingerprint density at radius 3 is 2.43 bits per heavy atom. The number of carbonyl (C=O) groups excluding carboxylic acids is 1. The first-order valence-electron chi connectivity index (χ1n) is 12.5. The van der Waals surface area contributed by atoms with E-state index in [0.29, 0.717) is 33.8 Å². The Balaban J connectivity index is 1.43. The van der Waals surface area contributed by atoms with Crippen LogP contribution in [0.2, 0.25) is 5.02 Å². The van der Waals surface area contributed by atoms with E-state index in [4.69, 9.17) is 26.2 Å². The molecule has 1 saturated heterocycles. The molecule has 2 heterocycles. The van der Waals surface area contributed by atoms with Crippen LogP contribution < -0.4 is 9.47 Å². The predicted octanol–water partition coefficient (Wildman–Crippen LogP) is 6.30. The minimum Gasteiger partial charge on any atom is -0.497 e. The Hall–Kier alpha value is -3.77. The molecule has 6 nitrogen and oxygen atoms in total. The fourth-order valence-corrected chi connectivity index (χ4v) is 5.11. The van der Waals surface area contributed by atoms with E-state index >= 15 is 0 Å². The summed E-state index contributed by atoms with van der Waals surface area (Å²) in [6.45, 7) is 1.44. The van der Waals surface area contributed by atoms with Crippen LogP contribution in [0.25, 0.3) is 16.9 Å². The van der Waals surface area contributed by atoms with Crippen molar-refractivity contribution < 1.29 is 14.3 Å². The molecule has 4 aromatic rings. The standard InChI is InChI=1S/C30H30ClN3O3/c1-36-25-11-12-26(29(19-25)37-2)27-20-28(34(32-27)24-10-6-9-23(31)18-24)30(35)33-15-13-22(14-16-33)17-21-7-4-3-5-8-21/h3-12,18-20,22H,13-17H2,1-2H3. The third kappa shape index (κ3) is 5.49. The summed E-state index contributed by atoms with van der Waals surface area (Å²) in [5.74, 6) is 1.84. The number of rotatable bonds is 7. The molecular formula is C30H30ClN3O3. The summed E-state index contributed by atoms with van der Waals surface area (Å²) >= 11 is 6.29. The van der Waals surface area contributed by atoms with Crippen molar-refractivity contribution in [3.05, 3.63) is 95.1 Å². The van der Waals surface area contributed by atoms with Gasteiger partial charge in [0.25, 0.3) is 5.91 Å². The van der Waals surface area contributed by atoms with Crippen molar-refractivity contribution in [1.82, 2.24) is 14.7 Å². The van der Waals surface area contributed by atoms with Crippen LogP contribution in [0.3, 0.4) is 0 Å². The van der Waals surface area contributed by atoms with Crippen LogP contribution in [0, 0.1) is 5.92 Å². The summed E-state index contributed by atoms with van der Waals surface area (Å²) in [5, 5.41) is 5.41. The summed E-state index contributed by atoms with van der Waals surface area (Å²) in [6, 6.07) is 25.3. The van der Waals surface area contributed by atoms with Gasteiger partial charge < -0.3 is 14.4 Å². The van der Waals surface area contributed by atoms with E-state index in [1.807, 2.05) is 53.4 Å². The fourth-order valence-electron chi connectivity index (χ4n) is 4.93. The van der Waals surface area contributed by atoms with Gasteiger partial charge in [-0.1, -0.05) is 48.0 Å². The number of halogens is 1. The molecule has 5 rings (SSSR count). The number of likely N-dealkylation sites (tertiary alicyclic amines) is 1. The van der Waals surface area contributed by atoms with Crippen LogP contribution in [-0.2, 0) is 6.42 Å². The van der Waals surface area contributed by atoms with Gasteiger partial charge in [-0.15, -0.1) is 0 Å². The maximum Gasteiger partial charge on any atom is 0.272 e. The molecule has 190 valence electrons. The molecule has 1 aliphatic heterocycles. The number of methoxy groups -OCH3 is 2. The van der Waals surface area contributed by atoms with Gasteiger partial charge in [0.2, 0.25) is 0 Å². The molecule has 0 atom stereocenters. The number of carbonyl (C=O) groups is 1. The van der Waals surface area contributed by atoms with Crippen molar-refractivity contribution in [1.29, 1.82) is 0 Å². The maximum atomic E-state index is 13.8. The average Bonchev–Trinajstić information content (AvgIpc) is 3.38. The molecule has 0 unspecified atom stereocenters. The first-order chi connectivity index (χ1) is 18.1. The molecule has 0 bridgehead atoms. The molecule has 1 aromatic heterocycles. The number of ether oxygens (including phenoxy) is 2. The monoisotopic (exact) mass is 515 g/mol. The number of amides is 1. The fraction of sp³-hybridized carbons (Fsp3) is 0.267. The molecule has 0 saturated carbocycles. The van der Waals surface area contributed by atoms with Crippen molar-refractivity contribution in [2.75, 3.05) is 27.3 Å². The van der Waals surface area contributed by atoms with Crippen molar-refractivity contribution in [2.45, 2.75) is 19.3 Å². The Morgan fingerprint density at radius 1 is 0.946 bits per heavy atom. The highest BCUT2D eigenvalue weighted by Crippen LogP contribution is 2.34. The average molecular weight is 516 g/mol. The third-order valence-corrected chi connectivity index (χ3v) is 7.17. The molecule has 0 radical (unpaired) electrons. The first kappa shape index (κ1) is 24.9. The Labute approximate surface area is 222 Å². The predicted molar refractivity (Wildman–Crippen MR) is 146 cm³/mol. The number of benzene rings is 3. The minimum atomic E-state index is -0.0376. The van der Waals surface area contributed by atoms with Crippen LogP contribution in [-0.4, -0.2) is 47.9 Å². The highest BCUT2D eigenvalue weighted by Gasteiger charge is 2.28. The first-order valence-corrected chi connectivity index (χ1v) is 12.8. The van der Waals surface area contributed by atoms with Crippen molar-refractivity contribution in [2.24, 2.45) is 5.92 Å². The number of aromatic nitrogens is 2. The number of hydrogen-bond acceptors (Lipinski definition) is 4. The third-order valence-electron chi connectivity index (χ3n) is 6.93. The molecule has 0 aliphatic carbocycles. The largest absolute Gasteiger partial charge is 0.497 e. The van der Waals surface area contributed by atoms with Crippen LogP contribution in [0.4, 0.5) is 0 Å². The molecule has 0 N–H and O–H groups in total. The summed E-state index contributed by atoms with van der Waals surface area (Å²) in [5.41, 5.74) is 4.00. The van der Waals surface area contributed by atoms with E-state index in [9.17, 15) is 4.79 Å². The van der Waals surface area contributed by atoms with Gasteiger partial charge in [-0.05, 0) is 67.1 Å². The van der Waals surface area contributed by atoms with Gasteiger partial charge in [0.15, 0.2) is 0 Å². The quantitative estimate of drug-likeness (QED) is 0.289. The van der Waals surface area contributed by atoms with Gasteiger partial charge in [-0.25, -0.2) is 4.68 Å². The van der Waals surface area contributed by atoms with Gasteiger partial charge >= 0.3 is 0 Å². The second-order valence-electron chi connectivity index (χ2n) is 9.30. The lowest BCUT2D eigenvalue weighted by molar-refractivity contribution is 0.0681. The zero-order valence-corrected chi connectivity index (χ0v) is 21.8. The molecule has 1 amide bonds. The topological polar surface area (TPSA) is 56.6 Å². The molecular weight excluding hydrogens is 486 g/mol. The minimum absolute atomic E-state index is 0.0376. The van der Waals surface area contributed by atoms with Crippen molar-refractivity contribution >= 4 is 17.5 Å². The van der Waals surface area contributed by atoms with Crippen LogP contribution >= 0.6 is 11.6 Å². The maximum absolute atomic E-state index is 13.8. The molecule has 3 aromatic carbocycles. The lowest BCUT2D eigenvalue weighted by Gasteiger charge is -2.32. The van der Waals surface area contributed by atoms with Gasteiger partial charge in [0.1, 0.15) is 17.2 Å².